The highest BCUT2D eigenvalue weighted by Gasteiger charge is 2.09. The molecule has 0 saturated heterocycles. The number of nitrogens with two attached hydrogens (primary N) is 1. The number of aromatic nitrogens is 3. The molecule has 0 aromatic carbocycles. The Labute approximate surface area is 108 Å². The number of nitrogen functional groups attached to an aromatic ring is 1. The lowest BCUT2D eigenvalue weighted by Gasteiger charge is -2.13. The van der Waals surface area contributed by atoms with Crippen molar-refractivity contribution in [2.45, 2.75) is 46.1 Å². The molecule has 102 valence electrons. The smallest absolute Gasteiger partial charge is 0.323 e. The second kappa shape index (κ2) is 7.65. The van der Waals surface area contributed by atoms with Crippen LogP contribution in [-0.4, -0.2) is 27.6 Å². The predicted octanol–water partition coefficient (Wildman–Crippen LogP) is 1.55. The summed E-state index contributed by atoms with van der Waals surface area (Å²) in [6, 6.07) is 0.577. The fourth-order valence-electron chi connectivity index (χ4n) is 1.47. The van der Waals surface area contributed by atoms with Crippen molar-refractivity contribution >= 4 is 11.9 Å². The topological polar surface area (TPSA) is 98.0 Å². The van der Waals surface area contributed by atoms with Crippen LogP contribution < -0.4 is 21.3 Å². The van der Waals surface area contributed by atoms with E-state index in [1.807, 2.05) is 6.92 Å². The van der Waals surface area contributed by atoms with Crippen LogP contribution in [0.2, 0.25) is 0 Å². The van der Waals surface area contributed by atoms with Crippen LogP contribution in [0.5, 0.6) is 6.01 Å². The number of hydrogen-bond acceptors (Lipinski definition) is 7. The monoisotopic (exact) mass is 254 g/mol. The molecule has 1 aromatic rings. The van der Waals surface area contributed by atoms with Crippen molar-refractivity contribution in [3.05, 3.63) is 0 Å². The molecule has 4 N–H and O–H groups in total. The Hall–Kier alpha value is -1.63. The molecule has 1 rings (SSSR count). The van der Waals surface area contributed by atoms with Crippen LogP contribution in [0.25, 0.3) is 0 Å². The van der Waals surface area contributed by atoms with E-state index >= 15 is 0 Å². The van der Waals surface area contributed by atoms with Gasteiger partial charge in [-0.2, -0.15) is 15.0 Å². The number of hydrazine groups is 1. The minimum absolute atomic E-state index is 0.283. The van der Waals surface area contributed by atoms with Crippen molar-refractivity contribution in [3.8, 4) is 6.01 Å². The van der Waals surface area contributed by atoms with Gasteiger partial charge in [0.2, 0.25) is 11.9 Å². The van der Waals surface area contributed by atoms with E-state index in [0.717, 1.165) is 19.3 Å². The zero-order chi connectivity index (χ0) is 13.4. The van der Waals surface area contributed by atoms with Crippen LogP contribution in [0.3, 0.4) is 0 Å². The van der Waals surface area contributed by atoms with E-state index in [2.05, 4.69) is 39.5 Å². The third kappa shape index (κ3) is 4.70. The molecular formula is C11H22N6O. The Morgan fingerprint density at radius 1 is 1.17 bits per heavy atom. The van der Waals surface area contributed by atoms with Crippen LogP contribution in [0.4, 0.5) is 11.9 Å². The van der Waals surface area contributed by atoms with E-state index in [1.165, 1.54) is 0 Å². The van der Waals surface area contributed by atoms with Crippen LogP contribution in [0.15, 0.2) is 0 Å². The van der Waals surface area contributed by atoms with Crippen molar-refractivity contribution in [1.82, 2.24) is 15.0 Å². The molecule has 7 nitrogen and oxygen atoms in total. The molecule has 0 aliphatic rings. The molecule has 0 spiro atoms. The first-order valence-corrected chi connectivity index (χ1v) is 6.31. The molecule has 0 radical (unpaired) electrons. The number of hydrogen-bond donors (Lipinski definition) is 3. The second-order valence-electron chi connectivity index (χ2n) is 4.09. The summed E-state index contributed by atoms with van der Waals surface area (Å²) in [5.74, 6) is 6.09. The number of ether oxygens (including phenoxy) is 1. The Kier molecular flexibility index (Phi) is 6.13. The quantitative estimate of drug-likeness (QED) is 0.478. The van der Waals surface area contributed by atoms with Crippen molar-refractivity contribution in [1.29, 1.82) is 0 Å². The minimum Gasteiger partial charge on any atom is -0.463 e. The highest BCUT2D eigenvalue weighted by atomic mass is 16.5. The van der Waals surface area contributed by atoms with Gasteiger partial charge in [-0.05, 0) is 19.8 Å². The molecular weight excluding hydrogens is 232 g/mol. The molecule has 1 aromatic heterocycles. The van der Waals surface area contributed by atoms with Crippen molar-refractivity contribution in [2.24, 2.45) is 5.84 Å². The van der Waals surface area contributed by atoms with Gasteiger partial charge in [0.25, 0.3) is 0 Å². The van der Waals surface area contributed by atoms with Crippen LogP contribution >= 0.6 is 0 Å². The van der Waals surface area contributed by atoms with Crippen molar-refractivity contribution < 1.29 is 4.74 Å². The summed E-state index contributed by atoms with van der Waals surface area (Å²) >= 11 is 0. The van der Waals surface area contributed by atoms with E-state index in [4.69, 9.17) is 10.6 Å². The normalized spacial score (nSPS) is 12.0. The zero-order valence-corrected chi connectivity index (χ0v) is 11.2. The summed E-state index contributed by atoms with van der Waals surface area (Å²) in [6.45, 7) is 6.80. The van der Waals surface area contributed by atoms with E-state index < -0.39 is 0 Å². The molecule has 1 heterocycles. The maximum atomic E-state index is 5.38. The summed E-state index contributed by atoms with van der Waals surface area (Å²) in [5.41, 5.74) is 2.41. The molecule has 18 heavy (non-hydrogen) atoms. The third-order valence-electron chi connectivity index (χ3n) is 2.28. The zero-order valence-electron chi connectivity index (χ0n) is 11.2. The average Bonchev–Trinajstić information content (AvgIpc) is 2.36. The summed E-state index contributed by atoms with van der Waals surface area (Å²) in [4.78, 5) is 12.3. The first-order valence-electron chi connectivity index (χ1n) is 6.31. The maximum absolute atomic E-state index is 5.38. The van der Waals surface area contributed by atoms with Crippen LogP contribution in [-0.2, 0) is 0 Å². The lowest BCUT2D eigenvalue weighted by Crippen LogP contribution is -2.19. The molecule has 1 atom stereocenters. The van der Waals surface area contributed by atoms with E-state index in [1.54, 1.807) is 0 Å². The molecule has 0 saturated carbocycles. The molecule has 0 amide bonds. The molecule has 7 heteroatoms. The number of nitrogens with zero attached hydrogens (tertiary/aromatic N) is 3. The molecule has 0 aliphatic carbocycles. The van der Waals surface area contributed by atoms with Gasteiger partial charge in [-0.25, -0.2) is 5.84 Å². The van der Waals surface area contributed by atoms with Crippen LogP contribution in [0.1, 0.15) is 40.0 Å². The summed E-state index contributed by atoms with van der Waals surface area (Å²) in [7, 11) is 0. The minimum atomic E-state index is 0.283. The average molecular weight is 254 g/mol. The number of nitrogens with one attached hydrogen (secondary N) is 2. The SMILES string of the molecule is CCCOc1nc(NN)nc(NC(C)CCC)n1. The first-order chi connectivity index (χ1) is 8.69. The van der Waals surface area contributed by atoms with E-state index in [9.17, 15) is 0 Å². The van der Waals surface area contributed by atoms with Crippen molar-refractivity contribution in [2.75, 3.05) is 17.3 Å². The van der Waals surface area contributed by atoms with Gasteiger partial charge in [0.05, 0.1) is 6.61 Å². The van der Waals surface area contributed by atoms with Gasteiger partial charge >= 0.3 is 6.01 Å². The summed E-state index contributed by atoms with van der Waals surface area (Å²) in [5, 5.41) is 3.20. The molecule has 0 fully saturated rings. The predicted molar refractivity (Wildman–Crippen MR) is 71.4 cm³/mol. The number of rotatable bonds is 8. The summed E-state index contributed by atoms with van der Waals surface area (Å²) < 4.78 is 5.38. The van der Waals surface area contributed by atoms with Gasteiger partial charge in [0.1, 0.15) is 0 Å². The summed E-state index contributed by atoms with van der Waals surface area (Å²) in [6.07, 6.45) is 3.04. The fraction of sp³-hybridized carbons (Fsp3) is 0.727. The van der Waals surface area contributed by atoms with Crippen molar-refractivity contribution in [3.63, 3.8) is 0 Å². The van der Waals surface area contributed by atoms with Gasteiger partial charge < -0.3 is 10.1 Å². The highest BCUT2D eigenvalue weighted by molar-refractivity contribution is 5.35. The van der Waals surface area contributed by atoms with Gasteiger partial charge in [-0.3, -0.25) is 5.43 Å². The number of anilines is 2. The fourth-order valence-corrected chi connectivity index (χ4v) is 1.47. The lowest BCUT2D eigenvalue weighted by atomic mass is 10.2. The van der Waals surface area contributed by atoms with Gasteiger partial charge in [0, 0.05) is 6.04 Å². The lowest BCUT2D eigenvalue weighted by molar-refractivity contribution is 0.292. The second-order valence-corrected chi connectivity index (χ2v) is 4.09. The highest BCUT2D eigenvalue weighted by Crippen LogP contribution is 2.12. The Morgan fingerprint density at radius 2 is 1.89 bits per heavy atom. The van der Waals surface area contributed by atoms with Gasteiger partial charge in [0.15, 0.2) is 0 Å². The van der Waals surface area contributed by atoms with E-state index in [0.29, 0.717) is 24.5 Å². The Morgan fingerprint density at radius 3 is 2.50 bits per heavy atom. The largest absolute Gasteiger partial charge is 0.463 e. The first kappa shape index (κ1) is 14.4. The molecule has 0 aliphatic heterocycles. The Bertz CT molecular complexity index is 359. The standard InChI is InChI=1S/C11H22N6O/c1-4-6-8(3)13-9-14-10(17-12)16-11(15-9)18-7-5-2/h8H,4-7,12H2,1-3H3,(H2,13,14,15,16,17). The maximum Gasteiger partial charge on any atom is 0.323 e. The van der Waals surface area contributed by atoms with E-state index in [-0.39, 0.29) is 6.01 Å². The molecule has 1 unspecified atom stereocenters. The van der Waals surface area contributed by atoms with Crippen LogP contribution in [0, 0.1) is 0 Å². The third-order valence-corrected chi connectivity index (χ3v) is 2.28. The van der Waals surface area contributed by atoms with Gasteiger partial charge in [-0.1, -0.05) is 20.3 Å². The van der Waals surface area contributed by atoms with Gasteiger partial charge in [-0.15, -0.1) is 0 Å². The molecule has 0 bridgehead atoms. The Balaban J connectivity index is 2.76.